The highest BCUT2D eigenvalue weighted by molar-refractivity contribution is 7.89. The summed E-state index contributed by atoms with van der Waals surface area (Å²) in [6.45, 7) is 2.59. The van der Waals surface area contributed by atoms with Crippen LogP contribution in [0.3, 0.4) is 0 Å². The molecule has 1 amide bonds. The van der Waals surface area contributed by atoms with Crippen LogP contribution in [0.5, 0.6) is 0 Å². The molecule has 2 aromatic carbocycles. The van der Waals surface area contributed by atoms with Crippen LogP contribution < -0.4 is 9.62 Å². The lowest BCUT2D eigenvalue weighted by molar-refractivity contribution is -0.119. The molecule has 2 aromatic rings. The predicted molar refractivity (Wildman–Crippen MR) is 96.0 cm³/mol. The molecule has 0 fully saturated rings. The normalized spacial score (nSPS) is 18.9. The SMILES string of the molecule is C[C@H]1C(=O)N2CCCc3cc(S(=O)(=O)NCc4ccc(F)cc4)cc1c32. The van der Waals surface area contributed by atoms with Gasteiger partial charge in [-0.25, -0.2) is 17.5 Å². The summed E-state index contributed by atoms with van der Waals surface area (Å²) >= 11 is 0. The van der Waals surface area contributed by atoms with E-state index in [9.17, 15) is 17.6 Å². The third-order valence-electron chi connectivity index (χ3n) is 5.08. The van der Waals surface area contributed by atoms with E-state index in [-0.39, 0.29) is 29.1 Å². The van der Waals surface area contributed by atoms with Crippen LogP contribution in [0.1, 0.15) is 36.0 Å². The quantitative estimate of drug-likeness (QED) is 0.895. The number of hydrogen-bond donors (Lipinski definition) is 1. The Hall–Kier alpha value is -2.25. The van der Waals surface area contributed by atoms with Gasteiger partial charge in [0.25, 0.3) is 0 Å². The Kier molecular flexibility index (Phi) is 4.08. The van der Waals surface area contributed by atoms with Gasteiger partial charge in [-0.2, -0.15) is 0 Å². The number of benzene rings is 2. The third kappa shape index (κ3) is 2.81. The Labute approximate surface area is 151 Å². The van der Waals surface area contributed by atoms with E-state index in [1.807, 2.05) is 6.92 Å². The van der Waals surface area contributed by atoms with Crippen molar-refractivity contribution in [2.24, 2.45) is 0 Å². The largest absolute Gasteiger partial charge is 0.311 e. The number of anilines is 1. The van der Waals surface area contributed by atoms with Crippen molar-refractivity contribution >= 4 is 21.6 Å². The van der Waals surface area contributed by atoms with Gasteiger partial charge in [0.05, 0.1) is 16.5 Å². The minimum absolute atomic E-state index is 0.0368. The molecule has 5 nitrogen and oxygen atoms in total. The van der Waals surface area contributed by atoms with Crippen molar-refractivity contribution in [2.75, 3.05) is 11.4 Å². The number of nitrogens with one attached hydrogen (secondary N) is 1. The average Bonchev–Trinajstić information content (AvgIpc) is 2.88. The smallest absolute Gasteiger partial charge is 0.240 e. The standard InChI is InChI=1S/C19H19FN2O3S/c1-12-17-10-16(9-14-3-2-8-22(18(14)17)19(12)23)26(24,25)21-11-13-4-6-15(20)7-5-13/h4-7,9-10,12,21H,2-3,8,11H2,1H3/t12-/m1/s1. The maximum atomic E-state index is 13.0. The van der Waals surface area contributed by atoms with E-state index in [2.05, 4.69) is 4.72 Å². The van der Waals surface area contributed by atoms with Gasteiger partial charge in [-0.05, 0) is 60.7 Å². The zero-order valence-electron chi connectivity index (χ0n) is 14.3. The average molecular weight is 374 g/mol. The molecule has 2 heterocycles. The molecule has 0 unspecified atom stereocenters. The molecule has 2 aliphatic rings. The number of aryl methyl sites for hydroxylation is 1. The first-order chi connectivity index (χ1) is 12.4. The summed E-state index contributed by atoms with van der Waals surface area (Å²) < 4.78 is 41.0. The van der Waals surface area contributed by atoms with Crippen molar-refractivity contribution in [2.45, 2.75) is 37.1 Å². The number of hydrogen-bond acceptors (Lipinski definition) is 3. The summed E-state index contributed by atoms with van der Waals surface area (Å²) in [7, 11) is -3.73. The summed E-state index contributed by atoms with van der Waals surface area (Å²) in [6, 6.07) is 8.96. The van der Waals surface area contributed by atoms with Crippen molar-refractivity contribution in [3.8, 4) is 0 Å². The maximum absolute atomic E-state index is 13.0. The molecule has 1 atom stereocenters. The van der Waals surface area contributed by atoms with Gasteiger partial charge in [-0.3, -0.25) is 4.79 Å². The predicted octanol–water partition coefficient (Wildman–Crippen LogP) is 2.70. The van der Waals surface area contributed by atoms with Crippen LogP contribution in [0.2, 0.25) is 0 Å². The molecule has 0 aliphatic carbocycles. The zero-order chi connectivity index (χ0) is 18.5. The molecule has 0 radical (unpaired) electrons. The van der Waals surface area contributed by atoms with Gasteiger partial charge in [0.2, 0.25) is 15.9 Å². The number of amides is 1. The maximum Gasteiger partial charge on any atom is 0.240 e. The Morgan fingerprint density at radius 1 is 1.23 bits per heavy atom. The molecule has 2 aliphatic heterocycles. The van der Waals surface area contributed by atoms with Crippen LogP contribution in [0.25, 0.3) is 0 Å². The summed E-state index contributed by atoms with van der Waals surface area (Å²) in [5.41, 5.74) is 3.27. The molecule has 0 saturated carbocycles. The lowest BCUT2D eigenvalue weighted by atomic mass is 9.97. The highest BCUT2D eigenvalue weighted by Gasteiger charge is 2.38. The number of carbonyl (C=O) groups excluding carboxylic acids is 1. The molecule has 7 heteroatoms. The van der Waals surface area contributed by atoms with Crippen molar-refractivity contribution in [1.82, 2.24) is 4.72 Å². The minimum atomic E-state index is -3.73. The van der Waals surface area contributed by atoms with Crippen molar-refractivity contribution in [1.29, 1.82) is 0 Å². The highest BCUT2D eigenvalue weighted by atomic mass is 32.2. The molecular formula is C19H19FN2O3S. The zero-order valence-corrected chi connectivity index (χ0v) is 15.1. The molecule has 0 spiro atoms. The first kappa shape index (κ1) is 17.2. The fourth-order valence-corrected chi connectivity index (χ4v) is 4.79. The first-order valence-electron chi connectivity index (χ1n) is 8.59. The van der Waals surface area contributed by atoms with Crippen LogP contribution in [-0.4, -0.2) is 20.9 Å². The lowest BCUT2D eigenvalue weighted by Gasteiger charge is -2.26. The molecule has 0 saturated heterocycles. The Morgan fingerprint density at radius 2 is 1.96 bits per heavy atom. The molecule has 0 bridgehead atoms. The Balaban J connectivity index is 1.65. The van der Waals surface area contributed by atoms with E-state index >= 15 is 0 Å². The second-order valence-electron chi connectivity index (χ2n) is 6.79. The molecule has 4 rings (SSSR count). The monoisotopic (exact) mass is 374 g/mol. The molecule has 136 valence electrons. The van der Waals surface area contributed by atoms with Gasteiger partial charge in [0, 0.05) is 13.1 Å². The summed E-state index contributed by atoms with van der Waals surface area (Å²) in [4.78, 5) is 14.4. The molecule has 0 aromatic heterocycles. The van der Waals surface area contributed by atoms with E-state index < -0.39 is 10.0 Å². The van der Waals surface area contributed by atoms with Gasteiger partial charge < -0.3 is 4.90 Å². The van der Waals surface area contributed by atoms with E-state index in [0.29, 0.717) is 12.1 Å². The lowest BCUT2D eigenvalue weighted by Crippen LogP contribution is -2.32. The molecular weight excluding hydrogens is 355 g/mol. The summed E-state index contributed by atoms with van der Waals surface area (Å²) in [5.74, 6) is -0.651. The van der Waals surface area contributed by atoms with E-state index in [1.54, 1.807) is 29.2 Å². The van der Waals surface area contributed by atoms with E-state index in [4.69, 9.17) is 0 Å². The van der Waals surface area contributed by atoms with Crippen LogP contribution in [-0.2, 0) is 27.8 Å². The second-order valence-corrected chi connectivity index (χ2v) is 8.55. The van der Waals surface area contributed by atoms with Gasteiger partial charge in [0.1, 0.15) is 5.82 Å². The molecule has 26 heavy (non-hydrogen) atoms. The van der Waals surface area contributed by atoms with Crippen molar-refractivity contribution in [3.05, 3.63) is 58.9 Å². The van der Waals surface area contributed by atoms with Gasteiger partial charge >= 0.3 is 0 Å². The number of nitrogens with zero attached hydrogens (tertiary/aromatic N) is 1. The number of rotatable bonds is 4. The number of sulfonamides is 1. The fourth-order valence-electron chi connectivity index (χ4n) is 3.68. The second kappa shape index (κ2) is 6.17. The number of carbonyl (C=O) groups is 1. The number of halogens is 1. The Bertz CT molecular complexity index is 987. The fraction of sp³-hybridized carbons (Fsp3) is 0.316. The summed E-state index contributed by atoms with van der Waals surface area (Å²) in [6.07, 6.45) is 1.59. The van der Waals surface area contributed by atoms with Crippen LogP contribution in [0.15, 0.2) is 41.3 Å². The topological polar surface area (TPSA) is 66.5 Å². The van der Waals surface area contributed by atoms with Gasteiger partial charge in [-0.1, -0.05) is 12.1 Å². The van der Waals surface area contributed by atoms with Crippen molar-refractivity contribution in [3.63, 3.8) is 0 Å². The molecule has 1 N–H and O–H groups in total. The van der Waals surface area contributed by atoms with Crippen LogP contribution in [0, 0.1) is 5.82 Å². The van der Waals surface area contributed by atoms with Gasteiger partial charge in [-0.15, -0.1) is 0 Å². The van der Waals surface area contributed by atoms with Crippen LogP contribution >= 0.6 is 0 Å². The van der Waals surface area contributed by atoms with Gasteiger partial charge in [0.15, 0.2) is 0 Å². The highest BCUT2D eigenvalue weighted by Crippen LogP contribution is 2.43. The minimum Gasteiger partial charge on any atom is -0.311 e. The first-order valence-corrected chi connectivity index (χ1v) is 10.1. The van der Waals surface area contributed by atoms with Crippen molar-refractivity contribution < 1.29 is 17.6 Å². The van der Waals surface area contributed by atoms with Crippen LogP contribution in [0.4, 0.5) is 10.1 Å². The third-order valence-corrected chi connectivity index (χ3v) is 6.46. The van der Waals surface area contributed by atoms with E-state index in [0.717, 1.165) is 29.7 Å². The Morgan fingerprint density at radius 3 is 2.69 bits per heavy atom. The van der Waals surface area contributed by atoms with E-state index in [1.165, 1.54) is 12.1 Å². The summed E-state index contributed by atoms with van der Waals surface area (Å²) in [5, 5.41) is 0.